The molecule has 0 spiro atoms. The van der Waals surface area contributed by atoms with E-state index < -0.39 is 154 Å². The summed E-state index contributed by atoms with van der Waals surface area (Å²) in [5.41, 5.74) is 0. The van der Waals surface area contributed by atoms with E-state index >= 15 is 0 Å². The highest BCUT2D eigenvalue weighted by Gasteiger charge is 2.57. The molecule has 21 unspecified atom stereocenters. The summed E-state index contributed by atoms with van der Waals surface area (Å²) in [5, 5.41) is 135. The van der Waals surface area contributed by atoms with Gasteiger partial charge in [-0.2, -0.15) is 0 Å². The molecule has 6 fully saturated rings. The molecule has 6 rings (SSSR count). The number of ether oxygens (including phenoxy) is 7. The average molecular weight is 774 g/mol. The molecular formula is C33H57O20+. The van der Waals surface area contributed by atoms with Gasteiger partial charge in [-0.1, -0.05) is 0 Å². The third kappa shape index (κ3) is 8.72. The van der Waals surface area contributed by atoms with Gasteiger partial charge in [0.15, 0.2) is 31.1 Å². The summed E-state index contributed by atoms with van der Waals surface area (Å²) in [5.74, 6) is -0.594. The first-order valence-electron chi connectivity index (χ1n) is 18.5. The normalized spacial score (nSPS) is 53.9. The van der Waals surface area contributed by atoms with Crippen molar-refractivity contribution in [3.8, 4) is 0 Å². The predicted molar refractivity (Wildman–Crippen MR) is 171 cm³/mol. The zero-order valence-electron chi connectivity index (χ0n) is 29.1. The van der Waals surface area contributed by atoms with Crippen LogP contribution in [0.15, 0.2) is 0 Å². The Morgan fingerprint density at radius 3 is 1.57 bits per heavy atom. The summed E-state index contributed by atoms with van der Waals surface area (Å²) in [4.78, 5) is 0. The van der Waals surface area contributed by atoms with Gasteiger partial charge in [-0.15, -0.1) is 0 Å². The van der Waals surface area contributed by atoms with Crippen LogP contribution in [-0.2, 0) is 28.4 Å². The molecule has 0 amide bonds. The van der Waals surface area contributed by atoms with Gasteiger partial charge in [0.1, 0.15) is 79.4 Å². The number of rotatable bonds is 10. The molecule has 4 aliphatic heterocycles. The van der Waals surface area contributed by atoms with Crippen LogP contribution in [-0.4, -0.2) is 220 Å². The predicted octanol–water partition coefficient (Wildman–Crippen LogP) is -6.83. The molecule has 0 bridgehead atoms. The molecular weight excluding hydrogens is 716 g/mol. The lowest BCUT2D eigenvalue weighted by atomic mass is 9.73. The minimum Gasteiger partial charge on any atom is -0.427 e. The Morgan fingerprint density at radius 2 is 1.02 bits per heavy atom. The van der Waals surface area contributed by atoms with Crippen LogP contribution < -0.4 is 0 Å². The fourth-order valence-corrected chi connectivity index (χ4v) is 8.75. The molecule has 0 aromatic rings. The van der Waals surface area contributed by atoms with Gasteiger partial charge in [-0.25, -0.2) is 0 Å². The van der Waals surface area contributed by atoms with E-state index in [1.807, 2.05) is 0 Å². The van der Waals surface area contributed by atoms with Crippen LogP contribution in [0.25, 0.3) is 0 Å². The van der Waals surface area contributed by atoms with Crippen molar-refractivity contribution in [2.45, 2.75) is 174 Å². The van der Waals surface area contributed by atoms with Gasteiger partial charge in [0.25, 0.3) is 0 Å². The SMILES string of the molecule is OCC1OC(OC2CC(O)C3CC(OC4OC(CO)C(O)C(O)C4OC4OC(CO)C(O)C(O)C4O)C(C4CCC(O)CC4)[OH+]C3C2)C(O)C(O)C1O. The highest BCUT2D eigenvalue weighted by molar-refractivity contribution is 4.99. The molecule has 14 N–H and O–H groups in total. The molecule has 4 heterocycles. The average Bonchev–Trinajstić information content (AvgIpc) is 3.15. The van der Waals surface area contributed by atoms with Crippen LogP contribution in [0.2, 0.25) is 0 Å². The number of aliphatic hydroxyl groups is 15. The maximum Gasteiger partial charge on any atom is 0.187 e. The van der Waals surface area contributed by atoms with E-state index in [2.05, 4.69) is 0 Å². The fourth-order valence-electron chi connectivity index (χ4n) is 8.75. The smallest absolute Gasteiger partial charge is 0.187 e. The van der Waals surface area contributed by atoms with Gasteiger partial charge >= 0.3 is 0 Å². The molecule has 20 heteroatoms. The zero-order valence-corrected chi connectivity index (χ0v) is 29.1. The fraction of sp³-hybridized carbons (Fsp3) is 1.00. The Bertz CT molecular complexity index is 1140. The maximum absolute atomic E-state index is 11.4. The maximum atomic E-state index is 11.4. The number of hydrogen-bond donors (Lipinski definition) is 13. The van der Waals surface area contributed by atoms with Crippen LogP contribution in [0.1, 0.15) is 44.9 Å². The molecule has 0 aromatic heterocycles. The van der Waals surface area contributed by atoms with Crippen molar-refractivity contribution in [2.24, 2.45) is 11.8 Å². The van der Waals surface area contributed by atoms with Crippen molar-refractivity contribution < 1.29 is 99.5 Å². The van der Waals surface area contributed by atoms with Crippen LogP contribution in [0.5, 0.6) is 0 Å². The van der Waals surface area contributed by atoms with Crippen molar-refractivity contribution in [3.05, 3.63) is 0 Å². The summed E-state index contributed by atoms with van der Waals surface area (Å²) in [6.45, 7) is -2.10. The first kappa shape index (κ1) is 41.8. The third-order valence-corrected chi connectivity index (χ3v) is 11.9. The molecule has 0 aromatic carbocycles. The topological polar surface area (TPSA) is 331 Å². The minimum atomic E-state index is -1.85. The molecule has 4 saturated heterocycles. The highest BCUT2D eigenvalue weighted by atomic mass is 16.8. The Labute approximate surface area is 305 Å². The highest BCUT2D eigenvalue weighted by Crippen LogP contribution is 2.43. The van der Waals surface area contributed by atoms with Crippen molar-refractivity contribution >= 4 is 0 Å². The van der Waals surface area contributed by atoms with E-state index in [0.717, 1.165) is 0 Å². The van der Waals surface area contributed by atoms with Gasteiger partial charge in [-0.05, 0) is 32.1 Å². The van der Waals surface area contributed by atoms with Crippen LogP contribution >= 0.6 is 0 Å². The Hall–Kier alpha value is -0.800. The number of hydrogen-bond acceptors (Lipinski definition) is 19. The molecule has 0 radical (unpaired) electrons. The molecule has 2 aliphatic carbocycles. The molecule has 21 atom stereocenters. The minimum absolute atomic E-state index is 0.0684. The second kappa shape index (κ2) is 17.8. The second-order valence-electron chi connectivity index (χ2n) is 15.3. The van der Waals surface area contributed by atoms with E-state index in [1.165, 1.54) is 0 Å². The van der Waals surface area contributed by atoms with Crippen molar-refractivity contribution in [1.29, 1.82) is 0 Å². The lowest BCUT2D eigenvalue weighted by Crippen LogP contribution is -2.66. The summed E-state index contributed by atoms with van der Waals surface area (Å²) in [6, 6.07) is 0. The standard InChI is InChI=1S/C33H56O20/c34-8-18-21(39)24(42)27(45)31(50-18)47-13-5-15(38)14-7-17(29(48-16(14)6-13)11-1-3-12(37)4-2-11)49-33-30(26(44)23(41)20(10-36)52-33)53-32-28(46)25(43)22(40)19(9-35)51-32/h11-46H,1-10H2/p+1. The molecule has 6 aliphatic rings. The van der Waals surface area contributed by atoms with Gasteiger partial charge in [-0.3, -0.25) is 0 Å². The quantitative estimate of drug-likeness (QED) is 0.0918. The van der Waals surface area contributed by atoms with Crippen LogP contribution in [0.3, 0.4) is 0 Å². The summed E-state index contributed by atoms with van der Waals surface area (Å²) < 4.78 is 40.4. The van der Waals surface area contributed by atoms with Crippen molar-refractivity contribution in [3.63, 3.8) is 0 Å². The Kier molecular flexibility index (Phi) is 14.0. The lowest BCUT2D eigenvalue weighted by molar-refractivity contribution is -0.388. The first-order chi connectivity index (χ1) is 25.3. The van der Waals surface area contributed by atoms with Crippen LogP contribution in [0, 0.1) is 11.8 Å². The van der Waals surface area contributed by atoms with Crippen LogP contribution in [0.4, 0.5) is 0 Å². The van der Waals surface area contributed by atoms with E-state index in [0.29, 0.717) is 25.7 Å². The molecule has 308 valence electrons. The zero-order chi connectivity index (χ0) is 38.3. The largest absolute Gasteiger partial charge is 0.427 e. The monoisotopic (exact) mass is 773 g/mol. The van der Waals surface area contributed by atoms with Gasteiger partial charge < -0.3 is 99.5 Å². The van der Waals surface area contributed by atoms with E-state index in [4.69, 9.17) is 33.2 Å². The first-order valence-corrected chi connectivity index (χ1v) is 18.5. The molecule has 53 heavy (non-hydrogen) atoms. The van der Waals surface area contributed by atoms with E-state index in [9.17, 15) is 66.4 Å². The summed E-state index contributed by atoms with van der Waals surface area (Å²) >= 11 is 0. The Morgan fingerprint density at radius 1 is 0.509 bits per heavy atom. The van der Waals surface area contributed by atoms with E-state index in [-0.39, 0.29) is 25.2 Å². The lowest BCUT2D eigenvalue weighted by Gasteiger charge is -2.50. The summed E-state index contributed by atoms with van der Waals surface area (Å²) in [7, 11) is 0. The van der Waals surface area contributed by atoms with Gasteiger partial charge in [0, 0.05) is 18.8 Å². The van der Waals surface area contributed by atoms with Crippen molar-refractivity contribution in [1.82, 2.24) is 0 Å². The molecule has 2 saturated carbocycles. The number of fused-ring (bicyclic) bond motifs is 1. The number of aliphatic hydroxyl groups excluding tert-OH is 13. The van der Waals surface area contributed by atoms with Gasteiger partial charge in [0.05, 0.1) is 44.1 Å². The second-order valence-corrected chi connectivity index (χ2v) is 15.3. The summed E-state index contributed by atoms with van der Waals surface area (Å²) in [6.07, 6.45) is -25.1. The Balaban J connectivity index is 1.21. The van der Waals surface area contributed by atoms with Crippen molar-refractivity contribution in [2.75, 3.05) is 19.8 Å². The third-order valence-electron chi connectivity index (χ3n) is 11.9. The van der Waals surface area contributed by atoms with E-state index in [1.54, 1.807) is 0 Å². The van der Waals surface area contributed by atoms with Gasteiger partial charge in [0.2, 0.25) is 0 Å². The molecule has 20 nitrogen and oxygen atoms in total.